The number of aromatic amines is 1. The summed E-state index contributed by atoms with van der Waals surface area (Å²) in [5.41, 5.74) is 7.04. The molecule has 1 aromatic heterocycles. The van der Waals surface area contributed by atoms with Crippen LogP contribution in [0.2, 0.25) is 10.0 Å². The zero-order chi connectivity index (χ0) is 32.8. The SMILES string of the molecule is C.CCC1=Nc2cc(CC(=O)c3ccc(Cl)cc3)ccc2CC1=O.CCc1nc2ccc(CC(=O)c3ccc(Cl)cc3)cc2[nH]c1=O. The van der Waals surface area contributed by atoms with E-state index in [-0.39, 0.29) is 36.8 Å². The van der Waals surface area contributed by atoms with Crippen molar-refractivity contribution in [3.05, 3.63) is 139 Å². The van der Waals surface area contributed by atoms with E-state index in [2.05, 4.69) is 15.0 Å². The normalized spacial score (nSPS) is 11.9. The van der Waals surface area contributed by atoms with Gasteiger partial charge in [0.05, 0.1) is 22.4 Å². The number of hydrogen-bond donors (Lipinski definition) is 1. The van der Waals surface area contributed by atoms with Crippen LogP contribution < -0.4 is 5.56 Å². The van der Waals surface area contributed by atoms with E-state index >= 15 is 0 Å². The van der Waals surface area contributed by atoms with Crippen molar-refractivity contribution in [2.45, 2.75) is 53.4 Å². The summed E-state index contributed by atoms with van der Waals surface area (Å²) >= 11 is 11.7. The molecule has 9 heteroatoms. The minimum atomic E-state index is -0.179. The van der Waals surface area contributed by atoms with Gasteiger partial charge in [0.2, 0.25) is 0 Å². The molecule has 0 amide bonds. The molecule has 1 aliphatic heterocycles. The van der Waals surface area contributed by atoms with Crippen molar-refractivity contribution in [1.82, 2.24) is 9.97 Å². The Balaban J connectivity index is 0.000000208. The summed E-state index contributed by atoms with van der Waals surface area (Å²) in [4.78, 5) is 59.9. The molecule has 0 atom stereocenters. The van der Waals surface area contributed by atoms with Crippen molar-refractivity contribution in [1.29, 1.82) is 0 Å². The van der Waals surface area contributed by atoms with E-state index in [0.29, 0.717) is 63.8 Å². The van der Waals surface area contributed by atoms with Crippen molar-refractivity contribution >= 4 is 63.0 Å². The van der Waals surface area contributed by atoms with Crippen molar-refractivity contribution in [3.8, 4) is 0 Å². The average Bonchev–Trinajstić information content (AvgIpc) is 3.05. The summed E-state index contributed by atoms with van der Waals surface area (Å²) in [5, 5.41) is 1.21. The van der Waals surface area contributed by atoms with E-state index in [4.69, 9.17) is 23.2 Å². The second-order valence-corrected chi connectivity index (χ2v) is 11.8. The molecule has 1 aliphatic rings. The number of carbonyl (C=O) groups excluding carboxylic acids is 3. The van der Waals surface area contributed by atoms with Gasteiger partial charge in [-0.25, -0.2) is 9.98 Å². The number of nitrogens with zero attached hydrogens (tertiary/aromatic N) is 2. The van der Waals surface area contributed by atoms with E-state index in [1.807, 2.05) is 44.2 Å². The molecule has 47 heavy (non-hydrogen) atoms. The summed E-state index contributed by atoms with van der Waals surface area (Å²) in [5.74, 6) is 0.125. The minimum absolute atomic E-state index is 0. The van der Waals surface area contributed by atoms with Crippen molar-refractivity contribution < 1.29 is 14.4 Å². The number of Topliss-reactive ketones (excluding diaryl/α,β-unsaturated/α-hetero) is 3. The van der Waals surface area contributed by atoms with Crippen LogP contribution in [0.3, 0.4) is 0 Å². The van der Waals surface area contributed by atoms with Crippen molar-refractivity contribution in [3.63, 3.8) is 0 Å². The number of nitrogens with one attached hydrogen (secondary N) is 1. The number of ketones is 3. The molecule has 4 aromatic carbocycles. The van der Waals surface area contributed by atoms with Crippen LogP contribution in [-0.2, 0) is 30.5 Å². The molecule has 1 N–H and O–H groups in total. The fraction of sp³-hybridized carbons (Fsp3) is 0.211. The standard InChI is InChI=1S/C19H16ClNO2.C18H15ClN2O2.CH4/c1-2-16-19(23)11-14-4-3-12(9-17(14)21-16)10-18(22)13-5-7-15(20)8-6-13;1-2-14-18(23)21-16-9-11(3-8-15(16)20-14)10-17(22)12-4-6-13(19)7-5-12;/h3-9H,2,10-11H2,1H3;3-9H,2,10H2,1H3,(H,21,23);1H4. The number of aromatic nitrogens is 2. The second-order valence-electron chi connectivity index (χ2n) is 10.9. The van der Waals surface area contributed by atoms with Gasteiger partial charge in [0.25, 0.3) is 5.56 Å². The van der Waals surface area contributed by atoms with Crippen LogP contribution in [0, 0.1) is 0 Å². The molecule has 5 aromatic rings. The van der Waals surface area contributed by atoms with Crippen LogP contribution in [0.15, 0.2) is 94.7 Å². The summed E-state index contributed by atoms with van der Waals surface area (Å²) in [6.45, 7) is 3.82. The predicted molar refractivity (Wildman–Crippen MR) is 190 cm³/mol. The summed E-state index contributed by atoms with van der Waals surface area (Å²) in [6.07, 6.45) is 2.18. The van der Waals surface area contributed by atoms with E-state index in [9.17, 15) is 19.2 Å². The number of rotatable bonds is 8. The van der Waals surface area contributed by atoms with Gasteiger partial charge in [-0.2, -0.15) is 0 Å². The Morgan fingerprint density at radius 2 is 1.30 bits per heavy atom. The first-order chi connectivity index (χ1) is 22.1. The Morgan fingerprint density at radius 3 is 1.85 bits per heavy atom. The highest BCUT2D eigenvalue weighted by molar-refractivity contribution is 6.41. The number of aliphatic imine (C=N–C) groups is 1. The Bertz CT molecular complexity index is 2030. The third-order valence-corrected chi connectivity index (χ3v) is 8.14. The number of carbonyl (C=O) groups is 3. The number of H-pyrrole nitrogens is 1. The molecular formula is C38H35Cl2N3O4. The van der Waals surface area contributed by atoms with Gasteiger partial charge in [-0.05, 0) is 96.3 Å². The average molecular weight is 669 g/mol. The molecule has 0 radical (unpaired) electrons. The fourth-order valence-electron chi connectivity index (χ4n) is 5.10. The quantitative estimate of drug-likeness (QED) is 0.167. The molecule has 0 bridgehead atoms. The van der Waals surface area contributed by atoms with Gasteiger partial charge in [0.1, 0.15) is 5.69 Å². The van der Waals surface area contributed by atoms with Gasteiger partial charge in [-0.1, -0.05) is 62.7 Å². The van der Waals surface area contributed by atoms with Gasteiger partial charge in [-0.15, -0.1) is 0 Å². The molecule has 2 heterocycles. The van der Waals surface area contributed by atoms with Crippen LogP contribution in [-0.4, -0.2) is 33.0 Å². The number of aryl methyl sites for hydroxylation is 1. The summed E-state index contributed by atoms with van der Waals surface area (Å²) in [6, 6.07) is 24.9. The first-order valence-corrected chi connectivity index (χ1v) is 15.7. The molecule has 240 valence electrons. The third kappa shape index (κ3) is 8.76. The van der Waals surface area contributed by atoms with Crippen LogP contribution in [0.25, 0.3) is 11.0 Å². The number of fused-ring (bicyclic) bond motifs is 2. The highest BCUT2D eigenvalue weighted by atomic mass is 35.5. The van der Waals surface area contributed by atoms with E-state index < -0.39 is 0 Å². The maximum absolute atomic E-state index is 12.3. The van der Waals surface area contributed by atoms with E-state index in [1.54, 1.807) is 54.6 Å². The zero-order valence-electron chi connectivity index (χ0n) is 25.4. The predicted octanol–water partition coefficient (Wildman–Crippen LogP) is 8.57. The maximum Gasteiger partial charge on any atom is 0.270 e. The lowest BCUT2D eigenvalue weighted by atomic mass is 9.95. The molecule has 0 saturated heterocycles. The molecule has 6 rings (SSSR count). The maximum atomic E-state index is 12.3. The van der Waals surface area contributed by atoms with E-state index in [0.717, 1.165) is 27.9 Å². The fourth-order valence-corrected chi connectivity index (χ4v) is 5.35. The lowest BCUT2D eigenvalue weighted by Crippen LogP contribution is -2.19. The second kappa shape index (κ2) is 15.7. The highest BCUT2D eigenvalue weighted by Gasteiger charge is 2.19. The third-order valence-electron chi connectivity index (χ3n) is 7.64. The van der Waals surface area contributed by atoms with Gasteiger partial charge >= 0.3 is 0 Å². The molecule has 0 fully saturated rings. The molecule has 7 nitrogen and oxygen atoms in total. The van der Waals surface area contributed by atoms with E-state index in [1.165, 1.54) is 0 Å². The molecule has 0 saturated carbocycles. The Morgan fingerprint density at radius 1 is 0.745 bits per heavy atom. The van der Waals surface area contributed by atoms with Crippen LogP contribution in [0.5, 0.6) is 0 Å². The first-order valence-electron chi connectivity index (χ1n) is 15.0. The largest absolute Gasteiger partial charge is 0.319 e. The number of halogens is 2. The lowest BCUT2D eigenvalue weighted by Gasteiger charge is -2.14. The summed E-state index contributed by atoms with van der Waals surface area (Å²) < 4.78 is 0. The van der Waals surface area contributed by atoms with Gasteiger partial charge in [0, 0.05) is 40.4 Å². The summed E-state index contributed by atoms with van der Waals surface area (Å²) in [7, 11) is 0. The van der Waals surface area contributed by atoms with Crippen molar-refractivity contribution in [2.75, 3.05) is 0 Å². The number of hydrogen-bond acceptors (Lipinski definition) is 6. The number of benzene rings is 4. The topological polar surface area (TPSA) is 109 Å². The zero-order valence-corrected chi connectivity index (χ0v) is 26.9. The molecule has 0 aliphatic carbocycles. The first kappa shape index (κ1) is 35.1. The van der Waals surface area contributed by atoms with Gasteiger partial charge in [0.15, 0.2) is 17.3 Å². The van der Waals surface area contributed by atoms with Gasteiger partial charge in [-0.3, -0.25) is 19.2 Å². The minimum Gasteiger partial charge on any atom is -0.319 e. The molecular weight excluding hydrogens is 633 g/mol. The van der Waals surface area contributed by atoms with Gasteiger partial charge < -0.3 is 4.98 Å². The Kier molecular flexibility index (Phi) is 11.8. The molecule has 0 spiro atoms. The van der Waals surface area contributed by atoms with Crippen LogP contribution in [0.1, 0.15) is 70.8 Å². The van der Waals surface area contributed by atoms with Crippen molar-refractivity contribution in [2.24, 2.45) is 4.99 Å². The lowest BCUT2D eigenvalue weighted by molar-refractivity contribution is -0.112. The Hall–Kier alpha value is -4.72. The van der Waals surface area contributed by atoms with Crippen LogP contribution >= 0.6 is 23.2 Å². The van der Waals surface area contributed by atoms with Crippen LogP contribution in [0.4, 0.5) is 5.69 Å². The Labute approximate surface area is 283 Å². The molecule has 0 unspecified atom stereocenters. The smallest absolute Gasteiger partial charge is 0.270 e. The monoisotopic (exact) mass is 667 g/mol. The highest BCUT2D eigenvalue weighted by Crippen LogP contribution is 2.27.